The number of piperidine rings is 1. The number of aryl methyl sites for hydroxylation is 2. The zero-order valence-corrected chi connectivity index (χ0v) is 14.4. The van der Waals surface area contributed by atoms with Gasteiger partial charge in [0.1, 0.15) is 11.6 Å². The lowest BCUT2D eigenvalue weighted by Crippen LogP contribution is -2.47. The molecule has 3 heterocycles. The summed E-state index contributed by atoms with van der Waals surface area (Å²) in [4.78, 5) is 25.4. The maximum atomic E-state index is 12.4. The van der Waals surface area contributed by atoms with E-state index >= 15 is 0 Å². The molecular weight excluding hydrogens is 290 g/mol. The van der Waals surface area contributed by atoms with E-state index in [2.05, 4.69) is 22.2 Å². The first-order chi connectivity index (χ1) is 11.0. The first-order valence-corrected chi connectivity index (χ1v) is 8.67. The molecule has 0 atom stereocenters. The molecule has 0 saturated carbocycles. The predicted octanol–water partition coefficient (Wildman–Crippen LogP) is 2.49. The molecule has 2 amide bonds. The van der Waals surface area contributed by atoms with Crippen LogP contribution in [0.2, 0.25) is 0 Å². The van der Waals surface area contributed by atoms with Crippen molar-refractivity contribution in [3.8, 4) is 0 Å². The van der Waals surface area contributed by atoms with Crippen molar-refractivity contribution in [2.45, 2.75) is 52.5 Å². The summed E-state index contributed by atoms with van der Waals surface area (Å²) in [6.45, 7) is 9.51. The van der Waals surface area contributed by atoms with Gasteiger partial charge in [-0.25, -0.2) is 14.8 Å². The van der Waals surface area contributed by atoms with Crippen molar-refractivity contribution >= 4 is 11.8 Å². The Morgan fingerprint density at radius 1 is 1.00 bits per heavy atom. The Morgan fingerprint density at radius 3 is 2.26 bits per heavy atom. The van der Waals surface area contributed by atoms with Gasteiger partial charge >= 0.3 is 6.03 Å². The van der Waals surface area contributed by atoms with Crippen LogP contribution >= 0.6 is 0 Å². The van der Waals surface area contributed by atoms with E-state index in [1.54, 1.807) is 0 Å². The highest BCUT2D eigenvalue weighted by atomic mass is 16.2. The molecule has 1 N–H and O–H groups in total. The molecule has 1 aromatic rings. The molecular formula is C17H27N5O. The topological polar surface area (TPSA) is 61.4 Å². The van der Waals surface area contributed by atoms with Crippen molar-refractivity contribution in [2.75, 3.05) is 31.5 Å². The van der Waals surface area contributed by atoms with E-state index in [4.69, 9.17) is 0 Å². The fourth-order valence-corrected chi connectivity index (χ4v) is 3.43. The van der Waals surface area contributed by atoms with Gasteiger partial charge in [-0.2, -0.15) is 0 Å². The summed E-state index contributed by atoms with van der Waals surface area (Å²) < 4.78 is 0. The van der Waals surface area contributed by atoms with Crippen LogP contribution in [0, 0.1) is 20.8 Å². The second-order valence-corrected chi connectivity index (χ2v) is 6.71. The van der Waals surface area contributed by atoms with Gasteiger partial charge in [-0.05, 0) is 46.5 Å². The lowest BCUT2D eigenvalue weighted by Gasteiger charge is -2.35. The summed E-state index contributed by atoms with van der Waals surface area (Å²) in [6, 6.07) is 0.607. The Labute approximate surface area is 138 Å². The number of carbonyl (C=O) groups excluding carboxylic acids is 1. The van der Waals surface area contributed by atoms with Crippen LogP contribution in [0.25, 0.3) is 0 Å². The van der Waals surface area contributed by atoms with E-state index in [1.165, 1.54) is 0 Å². The number of aromatic nitrogens is 2. The maximum Gasteiger partial charge on any atom is 0.319 e. The molecule has 6 nitrogen and oxygen atoms in total. The summed E-state index contributed by atoms with van der Waals surface area (Å²) >= 11 is 0. The minimum atomic E-state index is 0.228. The Bertz CT molecular complexity index is 575. The molecule has 0 spiro atoms. The molecule has 2 aliphatic heterocycles. The Hall–Kier alpha value is -1.85. The highest BCUT2D eigenvalue weighted by Crippen LogP contribution is 2.21. The number of nitrogens with zero attached hydrogens (tertiary/aromatic N) is 4. The van der Waals surface area contributed by atoms with Crippen molar-refractivity contribution in [3.05, 3.63) is 17.1 Å². The van der Waals surface area contributed by atoms with E-state index in [-0.39, 0.29) is 6.03 Å². The standard InChI is InChI=1S/C17H27N5O/c1-12-13(2)18-14(3)19-16(12)20-15-6-10-22(11-7-15)17(23)21-8-4-5-9-21/h15H,4-11H2,1-3H3,(H,18,19,20). The number of hydrogen-bond donors (Lipinski definition) is 1. The second-order valence-electron chi connectivity index (χ2n) is 6.71. The van der Waals surface area contributed by atoms with Crippen LogP contribution in [0.3, 0.4) is 0 Å². The number of likely N-dealkylation sites (tertiary alicyclic amines) is 2. The van der Waals surface area contributed by atoms with E-state index in [0.29, 0.717) is 6.04 Å². The molecule has 0 bridgehead atoms. The smallest absolute Gasteiger partial charge is 0.319 e. The minimum Gasteiger partial charge on any atom is -0.367 e. The maximum absolute atomic E-state index is 12.4. The molecule has 0 aromatic carbocycles. The van der Waals surface area contributed by atoms with Crippen LogP contribution in [0.4, 0.5) is 10.6 Å². The average molecular weight is 317 g/mol. The molecule has 2 aliphatic rings. The van der Waals surface area contributed by atoms with Crippen LogP contribution in [-0.4, -0.2) is 58.0 Å². The van der Waals surface area contributed by atoms with Gasteiger partial charge in [0.25, 0.3) is 0 Å². The van der Waals surface area contributed by atoms with Gasteiger partial charge in [0.05, 0.1) is 0 Å². The van der Waals surface area contributed by atoms with Gasteiger partial charge in [-0.3, -0.25) is 0 Å². The van der Waals surface area contributed by atoms with Gasteiger partial charge in [0.2, 0.25) is 0 Å². The lowest BCUT2D eigenvalue weighted by atomic mass is 10.0. The molecule has 0 aliphatic carbocycles. The Morgan fingerprint density at radius 2 is 1.61 bits per heavy atom. The quantitative estimate of drug-likeness (QED) is 0.910. The van der Waals surface area contributed by atoms with Crippen LogP contribution in [-0.2, 0) is 0 Å². The van der Waals surface area contributed by atoms with Crippen molar-refractivity contribution in [1.82, 2.24) is 19.8 Å². The van der Waals surface area contributed by atoms with E-state index in [1.807, 2.05) is 23.6 Å². The zero-order chi connectivity index (χ0) is 16.4. The number of nitrogens with one attached hydrogen (secondary N) is 1. The Kier molecular flexibility index (Phi) is 4.68. The number of hydrogen-bond acceptors (Lipinski definition) is 4. The normalized spacial score (nSPS) is 19.3. The third kappa shape index (κ3) is 3.57. The van der Waals surface area contributed by atoms with Crippen molar-refractivity contribution in [3.63, 3.8) is 0 Å². The van der Waals surface area contributed by atoms with Gasteiger partial charge in [0, 0.05) is 43.5 Å². The van der Waals surface area contributed by atoms with Crippen molar-refractivity contribution in [1.29, 1.82) is 0 Å². The third-order valence-corrected chi connectivity index (χ3v) is 4.98. The van der Waals surface area contributed by atoms with Gasteiger partial charge in [-0.1, -0.05) is 0 Å². The molecule has 126 valence electrons. The number of amides is 2. The summed E-state index contributed by atoms with van der Waals surface area (Å²) in [5.41, 5.74) is 2.15. The highest BCUT2D eigenvalue weighted by Gasteiger charge is 2.28. The predicted molar refractivity (Wildman–Crippen MR) is 90.7 cm³/mol. The van der Waals surface area contributed by atoms with Gasteiger partial charge in [-0.15, -0.1) is 0 Å². The molecule has 23 heavy (non-hydrogen) atoms. The van der Waals surface area contributed by atoms with Crippen molar-refractivity contribution < 1.29 is 4.79 Å². The molecule has 2 saturated heterocycles. The monoisotopic (exact) mass is 317 g/mol. The molecule has 1 aromatic heterocycles. The van der Waals surface area contributed by atoms with Crippen LogP contribution in [0.1, 0.15) is 42.8 Å². The fourth-order valence-electron chi connectivity index (χ4n) is 3.43. The summed E-state index contributed by atoms with van der Waals surface area (Å²) in [6.07, 6.45) is 4.24. The van der Waals surface area contributed by atoms with Gasteiger partial charge < -0.3 is 15.1 Å². The summed E-state index contributed by atoms with van der Waals surface area (Å²) in [5.74, 6) is 1.75. The first-order valence-electron chi connectivity index (χ1n) is 8.67. The largest absolute Gasteiger partial charge is 0.367 e. The average Bonchev–Trinajstić information content (AvgIpc) is 3.06. The fraction of sp³-hybridized carbons (Fsp3) is 0.706. The summed E-state index contributed by atoms with van der Waals surface area (Å²) in [7, 11) is 0. The number of urea groups is 1. The van der Waals surface area contributed by atoms with Gasteiger partial charge in [0.15, 0.2) is 0 Å². The molecule has 6 heteroatoms. The summed E-state index contributed by atoms with van der Waals surface area (Å²) in [5, 5.41) is 3.56. The molecule has 3 rings (SSSR count). The second kappa shape index (κ2) is 6.72. The van der Waals surface area contributed by atoms with E-state index in [9.17, 15) is 4.79 Å². The molecule has 2 fully saturated rings. The molecule has 0 unspecified atom stereocenters. The van der Waals surface area contributed by atoms with E-state index in [0.717, 1.165) is 74.8 Å². The zero-order valence-electron chi connectivity index (χ0n) is 14.4. The van der Waals surface area contributed by atoms with Crippen LogP contribution in [0.5, 0.6) is 0 Å². The SMILES string of the molecule is Cc1nc(C)c(C)c(NC2CCN(C(=O)N3CCCC3)CC2)n1. The van der Waals surface area contributed by atoms with Crippen LogP contribution < -0.4 is 5.32 Å². The highest BCUT2D eigenvalue weighted by molar-refractivity contribution is 5.74. The number of carbonyl (C=O) groups is 1. The Balaban J connectivity index is 1.56. The molecule has 0 radical (unpaired) electrons. The van der Waals surface area contributed by atoms with Crippen molar-refractivity contribution in [2.24, 2.45) is 0 Å². The third-order valence-electron chi connectivity index (χ3n) is 4.98. The number of rotatable bonds is 2. The van der Waals surface area contributed by atoms with Crippen LogP contribution in [0.15, 0.2) is 0 Å². The minimum absolute atomic E-state index is 0.228. The number of anilines is 1. The first kappa shape index (κ1) is 16.0. The van der Waals surface area contributed by atoms with E-state index < -0.39 is 0 Å². The lowest BCUT2D eigenvalue weighted by molar-refractivity contribution is 0.150.